The second kappa shape index (κ2) is 7.90. The minimum absolute atomic E-state index is 0.197. The normalized spacial score (nSPS) is 21.3. The molecule has 2 heterocycles. The number of carbonyl (C=O) groups is 1. The number of carbonyl (C=O) groups excluding carboxylic acids is 1. The highest BCUT2D eigenvalue weighted by atomic mass is 16.5. The van der Waals surface area contributed by atoms with Gasteiger partial charge in [-0.2, -0.15) is 0 Å². The molecule has 1 N–H and O–H groups in total. The number of piperidine rings is 1. The van der Waals surface area contributed by atoms with Gasteiger partial charge >= 0.3 is 0 Å². The molecule has 2 aliphatic heterocycles. The summed E-state index contributed by atoms with van der Waals surface area (Å²) in [6.07, 6.45) is 2.39. The molecule has 5 nitrogen and oxygen atoms in total. The zero-order chi connectivity index (χ0) is 16.1. The second-order valence-electron chi connectivity index (χ2n) is 6.59. The van der Waals surface area contributed by atoms with Crippen molar-refractivity contribution in [2.75, 3.05) is 52.9 Å². The summed E-state index contributed by atoms with van der Waals surface area (Å²) in [7, 11) is 2.13. The third-order valence-electron chi connectivity index (χ3n) is 4.73. The molecule has 5 heteroatoms. The van der Waals surface area contributed by atoms with E-state index in [1.54, 1.807) is 0 Å². The van der Waals surface area contributed by atoms with Crippen molar-refractivity contribution in [2.45, 2.75) is 18.9 Å². The minimum Gasteiger partial charge on any atom is -0.490 e. The van der Waals surface area contributed by atoms with Gasteiger partial charge in [-0.15, -0.1) is 0 Å². The lowest BCUT2D eigenvalue weighted by molar-refractivity contribution is 0.0876. The van der Waals surface area contributed by atoms with Crippen molar-refractivity contribution >= 4 is 5.78 Å². The molecule has 1 aromatic carbocycles. The van der Waals surface area contributed by atoms with Crippen molar-refractivity contribution in [3.63, 3.8) is 0 Å². The van der Waals surface area contributed by atoms with E-state index < -0.39 is 0 Å². The number of Topliss-reactive ketones (excluding diaryl/α,β-unsaturated/α-hetero) is 1. The summed E-state index contributed by atoms with van der Waals surface area (Å²) < 4.78 is 5.98. The topological polar surface area (TPSA) is 44.8 Å². The average Bonchev–Trinajstić information content (AvgIpc) is 2.58. The summed E-state index contributed by atoms with van der Waals surface area (Å²) in [6, 6.07) is 7.65. The molecule has 0 aromatic heterocycles. The number of hydrogen-bond donors (Lipinski definition) is 1. The third-order valence-corrected chi connectivity index (χ3v) is 4.73. The van der Waals surface area contributed by atoms with Crippen molar-refractivity contribution in [3.05, 3.63) is 29.8 Å². The lowest BCUT2D eigenvalue weighted by atomic mass is 10.1. The molecule has 0 atom stereocenters. The van der Waals surface area contributed by atoms with Crippen molar-refractivity contribution in [3.8, 4) is 5.75 Å². The van der Waals surface area contributed by atoms with Gasteiger partial charge in [0.15, 0.2) is 5.78 Å². The van der Waals surface area contributed by atoms with Crippen LogP contribution in [0.5, 0.6) is 5.75 Å². The molecule has 126 valence electrons. The Labute approximate surface area is 138 Å². The zero-order valence-corrected chi connectivity index (χ0v) is 14.0. The highest BCUT2D eigenvalue weighted by molar-refractivity contribution is 5.97. The van der Waals surface area contributed by atoms with E-state index in [1.807, 2.05) is 24.3 Å². The maximum Gasteiger partial charge on any atom is 0.176 e. The fourth-order valence-electron chi connectivity index (χ4n) is 3.13. The predicted octanol–water partition coefficient (Wildman–Crippen LogP) is 1.25. The fourth-order valence-corrected chi connectivity index (χ4v) is 3.13. The monoisotopic (exact) mass is 317 g/mol. The van der Waals surface area contributed by atoms with Crippen LogP contribution in [0.2, 0.25) is 0 Å². The van der Waals surface area contributed by atoms with Gasteiger partial charge in [0.2, 0.25) is 0 Å². The quantitative estimate of drug-likeness (QED) is 0.828. The van der Waals surface area contributed by atoms with E-state index in [1.165, 1.54) is 0 Å². The Balaban J connectivity index is 1.50. The number of likely N-dealkylation sites (N-methyl/N-ethyl adjacent to an activating group) is 1. The third kappa shape index (κ3) is 4.77. The molecular weight excluding hydrogens is 290 g/mol. The van der Waals surface area contributed by atoms with Gasteiger partial charge in [0.05, 0.1) is 6.54 Å². The van der Waals surface area contributed by atoms with Crippen LogP contribution in [0, 0.1) is 0 Å². The van der Waals surface area contributed by atoms with Crippen LogP contribution in [0.25, 0.3) is 0 Å². The first kappa shape index (κ1) is 16.4. The van der Waals surface area contributed by atoms with E-state index in [0.29, 0.717) is 12.6 Å². The van der Waals surface area contributed by atoms with Crippen molar-refractivity contribution in [1.82, 2.24) is 15.1 Å². The number of benzene rings is 1. The largest absolute Gasteiger partial charge is 0.490 e. The predicted molar refractivity (Wildman–Crippen MR) is 91.2 cm³/mol. The Morgan fingerprint density at radius 2 is 1.78 bits per heavy atom. The molecule has 0 saturated carbocycles. The minimum atomic E-state index is 0.197. The van der Waals surface area contributed by atoms with Crippen LogP contribution in [0.4, 0.5) is 0 Å². The Hall–Kier alpha value is -1.43. The Bertz CT molecular complexity index is 504. The van der Waals surface area contributed by atoms with Gasteiger partial charge in [-0.1, -0.05) is 0 Å². The molecule has 0 aliphatic carbocycles. The number of hydrogen-bond acceptors (Lipinski definition) is 5. The Kier molecular flexibility index (Phi) is 5.65. The maximum atomic E-state index is 12.4. The van der Waals surface area contributed by atoms with E-state index >= 15 is 0 Å². The molecule has 2 fully saturated rings. The fraction of sp³-hybridized carbons (Fsp3) is 0.611. The molecule has 23 heavy (non-hydrogen) atoms. The average molecular weight is 317 g/mol. The van der Waals surface area contributed by atoms with E-state index in [4.69, 9.17) is 4.74 Å². The molecule has 0 spiro atoms. The number of nitrogens with one attached hydrogen (secondary N) is 1. The molecule has 0 unspecified atom stereocenters. The van der Waals surface area contributed by atoms with E-state index in [9.17, 15) is 4.79 Å². The number of ether oxygens (including phenoxy) is 1. The Morgan fingerprint density at radius 1 is 1.13 bits per heavy atom. The second-order valence-corrected chi connectivity index (χ2v) is 6.59. The summed E-state index contributed by atoms with van der Waals surface area (Å²) in [5.74, 6) is 1.07. The van der Waals surface area contributed by atoms with Gasteiger partial charge in [-0.3, -0.25) is 9.69 Å². The van der Waals surface area contributed by atoms with Gasteiger partial charge in [-0.25, -0.2) is 0 Å². The molecule has 3 rings (SSSR count). The lowest BCUT2D eigenvalue weighted by Crippen LogP contribution is -2.46. The summed E-state index contributed by atoms with van der Waals surface area (Å²) in [4.78, 5) is 16.9. The molecule has 1 aromatic rings. The van der Waals surface area contributed by atoms with Gasteiger partial charge < -0.3 is 15.0 Å². The summed E-state index contributed by atoms with van der Waals surface area (Å²) in [5, 5.41) is 3.33. The number of nitrogens with zero attached hydrogens (tertiary/aromatic N) is 2. The van der Waals surface area contributed by atoms with Gasteiger partial charge in [0.1, 0.15) is 11.9 Å². The standard InChI is InChI=1S/C18H27N3O2/c1-20-10-12-21(13-11-20)14-18(22)15-2-4-16(5-3-15)23-17-6-8-19-9-7-17/h2-5,17,19H,6-14H2,1H3. The van der Waals surface area contributed by atoms with E-state index in [-0.39, 0.29) is 5.78 Å². The smallest absolute Gasteiger partial charge is 0.176 e. The number of piperazine rings is 1. The molecular formula is C18H27N3O2. The molecule has 2 aliphatic rings. The van der Waals surface area contributed by atoms with Crippen LogP contribution in [0.15, 0.2) is 24.3 Å². The van der Waals surface area contributed by atoms with Crippen molar-refractivity contribution in [1.29, 1.82) is 0 Å². The summed E-state index contributed by atoms with van der Waals surface area (Å²) in [6.45, 7) is 6.58. The van der Waals surface area contributed by atoms with Crippen LogP contribution < -0.4 is 10.1 Å². The number of ketones is 1. The van der Waals surface area contributed by atoms with Crippen LogP contribution in [-0.2, 0) is 0 Å². The molecule has 0 amide bonds. The van der Waals surface area contributed by atoms with Crippen LogP contribution >= 0.6 is 0 Å². The van der Waals surface area contributed by atoms with Crippen molar-refractivity contribution < 1.29 is 9.53 Å². The summed E-state index contributed by atoms with van der Waals surface area (Å²) in [5.41, 5.74) is 0.779. The first-order valence-corrected chi connectivity index (χ1v) is 8.62. The number of rotatable bonds is 5. The van der Waals surface area contributed by atoms with E-state index in [2.05, 4.69) is 22.2 Å². The van der Waals surface area contributed by atoms with E-state index in [0.717, 1.165) is 63.4 Å². The lowest BCUT2D eigenvalue weighted by Gasteiger charge is -2.31. The highest BCUT2D eigenvalue weighted by Crippen LogP contribution is 2.18. The summed E-state index contributed by atoms with van der Waals surface area (Å²) >= 11 is 0. The van der Waals surface area contributed by atoms with Crippen LogP contribution in [0.1, 0.15) is 23.2 Å². The molecule has 0 radical (unpaired) electrons. The highest BCUT2D eigenvalue weighted by Gasteiger charge is 2.18. The first-order valence-electron chi connectivity index (χ1n) is 8.62. The van der Waals surface area contributed by atoms with Crippen molar-refractivity contribution in [2.24, 2.45) is 0 Å². The SMILES string of the molecule is CN1CCN(CC(=O)c2ccc(OC3CCNCC3)cc2)CC1. The van der Waals surface area contributed by atoms with Gasteiger partial charge in [-0.05, 0) is 57.2 Å². The molecule has 0 bridgehead atoms. The zero-order valence-electron chi connectivity index (χ0n) is 14.0. The van der Waals surface area contributed by atoms with Gasteiger partial charge in [0.25, 0.3) is 0 Å². The van der Waals surface area contributed by atoms with Crippen LogP contribution in [-0.4, -0.2) is 74.5 Å². The maximum absolute atomic E-state index is 12.4. The van der Waals surface area contributed by atoms with Gasteiger partial charge in [0, 0.05) is 31.7 Å². The molecule has 2 saturated heterocycles. The first-order chi connectivity index (χ1) is 11.2. The van der Waals surface area contributed by atoms with Crippen LogP contribution in [0.3, 0.4) is 0 Å². The Morgan fingerprint density at radius 3 is 2.43 bits per heavy atom.